The van der Waals surface area contributed by atoms with E-state index >= 15 is 0 Å². The molecule has 0 saturated heterocycles. The topological polar surface area (TPSA) is 35.2 Å². The zero-order valence-electron chi connectivity index (χ0n) is 12.0. The Labute approximate surface area is 125 Å². The lowest BCUT2D eigenvalue weighted by atomic mass is 10.0. The first-order chi connectivity index (χ1) is 9.74. The van der Waals surface area contributed by atoms with Crippen LogP contribution in [0.2, 0.25) is 0 Å². The van der Waals surface area contributed by atoms with Gasteiger partial charge in [-0.15, -0.1) is 11.8 Å². The smallest absolute Gasteiger partial charge is 0.118 e. The Morgan fingerprint density at radius 3 is 2.25 bits per heavy atom. The van der Waals surface area contributed by atoms with Crippen molar-refractivity contribution in [2.75, 3.05) is 7.11 Å². The number of benzene rings is 2. The normalized spacial score (nSPS) is 13.8. The number of ether oxygens (including phenoxy) is 1. The molecule has 0 saturated carbocycles. The van der Waals surface area contributed by atoms with Crippen LogP contribution >= 0.6 is 11.8 Å². The molecule has 2 rings (SSSR count). The Hall–Kier alpha value is -1.45. The second-order valence-corrected chi connectivity index (χ2v) is 5.91. The zero-order chi connectivity index (χ0) is 14.4. The van der Waals surface area contributed by atoms with Gasteiger partial charge in [0.2, 0.25) is 0 Å². The van der Waals surface area contributed by atoms with Crippen LogP contribution in [0, 0.1) is 0 Å². The third-order valence-corrected chi connectivity index (χ3v) is 4.73. The fourth-order valence-corrected chi connectivity index (χ4v) is 3.32. The first-order valence-electron chi connectivity index (χ1n) is 6.85. The SMILES string of the molecule is CCC(N)C(Sc1ccccc1)c1ccc(OC)cc1. The first kappa shape index (κ1) is 14.9. The third kappa shape index (κ3) is 3.78. The van der Waals surface area contributed by atoms with Crippen LogP contribution in [0.5, 0.6) is 5.75 Å². The number of nitrogens with two attached hydrogens (primary N) is 1. The second kappa shape index (κ2) is 7.36. The molecule has 0 aliphatic rings. The van der Waals surface area contributed by atoms with Gasteiger partial charge in [0.15, 0.2) is 0 Å². The van der Waals surface area contributed by atoms with Crippen molar-refractivity contribution in [2.45, 2.75) is 29.5 Å². The molecular weight excluding hydrogens is 266 g/mol. The van der Waals surface area contributed by atoms with E-state index in [-0.39, 0.29) is 11.3 Å². The molecule has 0 amide bonds. The summed E-state index contributed by atoms with van der Waals surface area (Å²) in [5.41, 5.74) is 7.56. The Morgan fingerprint density at radius 2 is 1.70 bits per heavy atom. The molecule has 20 heavy (non-hydrogen) atoms. The summed E-state index contributed by atoms with van der Waals surface area (Å²) in [6.45, 7) is 2.13. The van der Waals surface area contributed by atoms with Crippen molar-refractivity contribution in [1.29, 1.82) is 0 Å². The monoisotopic (exact) mass is 287 g/mol. The number of thioether (sulfide) groups is 1. The fraction of sp³-hybridized carbons (Fsp3) is 0.294. The van der Waals surface area contributed by atoms with Crippen LogP contribution in [0.3, 0.4) is 0 Å². The van der Waals surface area contributed by atoms with Gasteiger partial charge >= 0.3 is 0 Å². The summed E-state index contributed by atoms with van der Waals surface area (Å²) < 4.78 is 5.22. The highest BCUT2D eigenvalue weighted by atomic mass is 32.2. The largest absolute Gasteiger partial charge is 0.497 e. The summed E-state index contributed by atoms with van der Waals surface area (Å²) in [6.07, 6.45) is 0.955. The summed E-state index contributed by atoms with van der Waals surface area (Å²) in [4.78, 5) is 1.25. The minimum absolute atomic E-state index is 0.133. The molecule has 0 fully saturated rings. The standard InChI is InChI=1S/C17H21NOS/c1-3-16(18)17(20-15-7-5-4-6-8-15)13-9-11-14(19-2)12-10-13/h4-12,16-17H,3,18H2,1-2H3. The van der Waals surface area contributed by atoms with Crippen LogP contribution in [0.15, 0.2) is 59.5 Å². The predicted molar refractivity (Wildman–Crippen MR) is 86.3 cm³/mol. The predicted octanol–water partition coefficient (Wildman–Crippen LogP) is 4.27. The van der Waals surface area contributed by atoms with Crippen molar-refractivity contribution in [2.24, 2.45) is 5.73 Å². The van der Waals surface area contributed by atoms with Gasteiger partial charge in [-0.25, -0.2) is 0 Å². The lowest BCUT2D eigenvalue weighted by molar-refractivity contribution is 0.414. The lowest BCUT2D eigenvalue weighted by Gasteiger charge is -2.23. The van der Waals surface area contributed by atoms with E-state index in [0.29, 0.717) is 0 Å². The summed E-state index contributed by atoms with van der Waals surface area (Å²) in [5, 5.41) is 0.258. The number of rotatable bonds is 6. The van der Waals surface area contributed by atoms with E-state index < -0.39 is 0 Å². The van der Waals surface area contributed by atoms with Crippen molar-refractivity contribution < 1.29 is 4.74 Å². The molecule has 0 heterocycles. The Kier molecular flexibility index (Phi) is 5.50. The van der Waals surface area contributed by atoms with E-state index in [2.05, 4.69) is 43.3 Å². The van der Waals surface area contributed by atoms with Gasteiger partial charge in [0.25, 0.3) is 0 Å². The van der Waals surface area contributed by atoms with Gasteiger partial charge in [0, 0.05) is 16.2 Å². The van der Waals surface area contributed by atoms with Crippen molar-refractivity contribution in [3.05, 3.63) is 60.2 Å². The molecule has 0 radical (unpaired) electrons. The molecule has 0 aliphatic heterocycles. The van der Waals surface area contributed by atoms with Gasteiger partial charge in [0.1, 0.15) is 5.75 Å². The number of hydrogen-bond acceptors (Lipinski definition) is 3. The minimum atomic E-state index is 0.133. The molecule has 0 bridgehead atoms. The molecule has 2 atom stereocenters. The highest BCUT2D eigenvalue weighted by molar-refractivity contribution is 7.99. The number of hydrogen-bond donors (Lipinski definition) is 1. The molecule has 2 aromatic rings. The van der Waals surface area contributed by atoms with E-state index in [4.69, 9.17) is 10.5 Å². The molecule has 0 aliphatic carbocycles. The Balaban J connectivity index is 2.22. The maximum atomic E-state index is 6.32. The molecule has 0 aromatic heterocycles. The second-order valence-electron chi connectivity index (χ2n) is 4.70. The van der Waals surface area contributed by atoms with Crippen LogP contribution in [0.4, 0.5) is 0 Å². The van der Waals surface area contributed by atoms with E-state index in [9.17, 15) is 0 Å². The van der Waals surface area contributed by atoms with Gasteiger partial charge in [0.05, 0.1) is 7.11 Å². The maximum absolute atomic E-state index is 6.32. The van der Waals surface area contributed by atoms with Crippen LogP contribution in [-0.4, -0.2) is 13.2 Å². The van der Waals surface area contributed by atoms with Gasteiger partial charge in [-0.1, -0.05) is 37.3 Å². The summed E-state index contributed by atoms with van der Waals surface area (Å²) in [6, 6.07) is 18.7. The third-order valence-electron chi connectivity index (χ3n) is 3.31. The van der Waals surface area contributed by atoms with Crippen molar-refractivity contribution in [1.82, 2.24) is 0 Å². The van der Waals surface area contributed by atoms with Crippen molar-refractivity contribution in [3.8, 4) is 5.75 Å². The van der Waals surface area contributed by atoms with Crippen LogP contribution in [0.25, 0.3) is 0 Å². The van der Waals surface area contributed by atoms with Crippen molar-refractivity contribution >= 4 is 11.8 Å². The van der Waals surface area contributed by atoms with Gasteiger partial charge in [-0.2, -0.15) is 0 Å². The van der Waals surface area contributed by atoms with Crippen molar-refractivity contribution in [3.63, 3.8) is 0 Å². The lowest BCUT2D eigenvalue weighted by Crippen LogP contribution is -2.25. The molecule has 2 unspecified atom stereocenters. The average molecular weight is 287 g/mol. The van der Waals surface area contributed by atoms with E-state index in [1.54, 1.807) is 7.11 Å². The summed E-state index contributed by atoms with van der Waals surface area (Å²) in [7, 11) is 1.68. The summed E-state index contributed by atoms with van der Waals surface area (Å²) >= 11 is 1.82. The van der Waals surface area contributed by atoms with Crippen LogP contribution in [0.1, 0.15) is 24.2 Å². The Morgan fingerprint density at radius 1 is 1.05 bits per heavy atom. The Bertz CT molecular complexity index is 512. The zero-order valence-corrected chi connectivity index (χ0v) is 12.8. The molecular formula is C17H21NOS. The minimum Gasteiger partial charge on any atom is -0.497 e. The van der Waals surface area contributed by atoms with Gasteiger partial charge < -0.3 is 10.5 Å². The number of methoxy groups -OCH3 is 1. The molecule has 3 heteroatoms. The van der Waals surface area contributed by atoms with Gasteiger partial charge in [-0.05, 0) is 36.2 Å². The average Bonchev–Trinajstić information content (AvgIpc) is 2.53. The van der Waals surface area contributed by atoms with E-state index in [1.165, 1.54) is 10.5 Å². The van der Waals surface area contributed by atoms with Crippen LogP contribution in [-0.2, 0) is 0 Å². The highest BCUT2D eigenvalue weighted by Crippen LogP contribution is 2.38. The molecule has 2 N–H and O–H groups in total. The molecule has 2 nitrogen and oxygen atoms in total. The van der Waals surface area contributed by atoms with E-state index in [1.807, 2.05) is 30.0 Å². The first-order valence-corrected chi connectivity index (χ1v) is 7.73. The van der Waals surface area contributed by atoms with Crippen LogP contribution < -0.4 is 10.5 Å². The van der Waals surface area contributed by atoms with E-state index in [0.717, 1.165) is 12.2 Å². The highest BCUT2D eigenvalue weighted by Gasteiger charge is 2.19. The summed E-state index contributed by atoms with van der Waals surface area (Å²) in [5.74, 6) is 0.877. The maximum Gasteiger partial charge on any atom is 0.118 e. The molecule has 0 spiro atoms. The molecule has 106 valence electrons. The quantitative estimate of drug-likeness (QED) is 0.806. The fourth-order valence-electron chi connectivity index (χ4n) is 2.06. The van der Waals surface area contributed by atoms with Gasteiger partial charge in [-0.3, -0.25) is 0 Å². The molecule has 2 aromatic carbocycles.